The monoisotopic (exact) mass is 230 g/mol. The highest BCUT2D eigenvalue weighted by Crippen LogP contribution is 2.27. The van der Waals surface area contributed by atoms with E-state index in [1.165, 1.54) is 7.11 Å². The Balaban J connectivity index is 4.10. The van der Waals surface area contributed by atoms with E-state index in [2.05, 4.69) is 9.57 Å². The van der Waals surface area contributed by atoms with Crippen molar-refractivity contribution in [1.29, 1.82) is 0 Å². The van der Waals surface area contributed by atoms with Crippen molar-refractivity contribution in [3.63, 3.8) is 0 Å². The molecule has 0 rings (SSSR count). The van der Waals surface area contributed by atoms with Crippen LogP contribution in [-0.4, -0.2) is 37.9 Å². The second kappa shape index (κ2) is 5.29. The predicted octanol–water partition coefficient (Wildman–Crippen LogP) is -0.0397. The number of nitrogens with one attached hydrogen (secondary N) is 1. The van der Waals surface area contributed by atoms with Crippen LogP contribution in [0.15, 0.2) is 0 Å². The summed E-state index contributed by atoms with van der Waals surface area (Å²) in [5, 5.41) is 0. The lowest BCUT2D eigenvalue weighted by Crippen LogP contribution is -2.61. The summed E-state index contributed by atoms with van der Waals surface area (Å²) < 4.78 is 41.1. The van der Waals surface area contributed by atoms with E-state index < -0.39 is 17.6 Å². The van der Waals surface area contributed by atoms with Crippen molar-refractivity contribution in [3.05, 3.63) is 0 Å². The molecule has 0 spiro atoms. The first kappa shape index (κ1) is 14.1. The molecule has 0 aromatic heterocycles. The molecule has 3 N–H and O–H groups in total. The maximum absolute atomic E-state index is 12.2. The van der Waals surface area contributed by atoms with E-state index in [1.54, 1.807) is 5.48 Å². The number of carbonyl (C=O) groups is 1. The fourth-order valence-corrected chi connectivity index (χ4v) is 0.476. The Morgan fingerprint density at radius 3 is 2.33 bits per heavy atom. The number of methoxy groups -OCH3 is 1. The first-order valence-electron chi connectivity index (χ1n) is 4.00. The van der Waals surface area contributed by atoms with Crippen molar-refractivity contribution < 1.29 is 27.5 Å². The zero-order valence-electron chi connectivity index (χ0n) is 8.35. The summed E-state index contributed by atoms with van der Waals surface area (Å²) in [6.45, 7) is 0.645. The number of nitrogens with two attached hydrogens (primary N) is 1. The fourth-order valence-electron chi connectivity index (χ4n) is 0.476. The minimum atomic E-state index is -4.83. The van der Waals surface area contributed by atoms with Gasteiger partial charge in [-0.05, 0) is 6.92 Å². The first-order valence-corrected chi connectivity index (χ1v) is 4.00. The molecule has 1 amide bonds. The lowest BCUT2D eigenvalue weighted by molar-refractivity contribution is -0.194. The maximum atomic E-state index is 12.2. The molecule has 0 saturated heterocycles. The van der Waals surface area contributed by atoms with Gasteiger partial charge in [-0.1, -0.05) is 0 Å². The Bertz CT molecular complexity index is 218. The van der Waals surface area contributed by atoms with E-state index in [0.717, 1.165) is 0 Å². The van der Waals surface area contributed by atoms with Gasteiger partial charge in [-0.2, -0.15) is 13.2 Å². The number of alkyl halides is 3. The Kier molecular flexibility index (Phi) is 4.98. The Morgan fingerprint density at radius 2 is 1.93 bits per heavy atom. The largest absolute Gasteiger partial charge is 0.415 e. The van der Waals surface area contributed by atoms with Crippen molar-refractivity contribution >= 4 is 5.91 Å². The molecule has 8 heteroatoms. The van der Waals surface area contributed by atoms with Crippen LogP contribution in [0.5, 0.6) is 0 Å². The highest BCUT2D eigenvalue weighted by atomic mass is 19.4. The summed E-state index contributed by atoms with van der Waals surface area (Å²) >= 11 is 0. The zero-order chi connectivity index (χ0) is 12.1. The predicted molar refractivity (Wildman–Crippen MR) is 44.6 cm³/mol. The number of hydroxylamine groups is 1. The van der Waals surface area contributed by atoms with Crippen molar-refractivity contribution in [1.82, 2.24) is 5.48 Å². The molecule has 1 unspecified atom stereocenters. The molecule has 90 valence electrons. The summed E-state index contributed by atoms with van der Waals surface area (Å²) in [6, 6.07) is 0. The SMILES string of the molecule is COCCONC(=O)C(C)(N)C(F)(F)F. The summed E-state index contributed by atoms with van der Waals surface area (Å²) in [6.07, 6.45) is -4.83. The van der Waals surface area contributed by atoms with Crippen molar-refractivity contribution in [2.75, 3.05) is 20.3 Å². The summed E-state index contributed by atoms with van der Waals surface area (Å²) in [7, 11) is 1.38. The molecule has 0 aliphatic carbocycles. The molecular weight excluding hydrogens is 217 g/mol. The van der Waals surface area contributed by atoms with Crippen LogP contribution in [0.4, 0.5) is 13.2 Å². The van der Waals surface area contributed by atoms with Crippen LogP contribution in [0.25, 0.3) is 0 Å². The standard InChI is InChI=1S/C7H13F3N2O3/c1-6(11,7(8,9)10)5(13)12-15-4-3-14-2/h3-4,11H2,1-2H3,(H,12,13). The van der Waals surface area contributed by atoms with Crippen molar-refractivity contribution in [2.24, 2.45) is 5.73 Å². The van der Waals surface area contributed by atoms with Crippen molar-refractivity contribution in [2.45, 2.75) is 18.6 Å². The van der Waals surface area contributed by atoms with Crippen LogP contribution in [0, 0.1) is 0 Å². The van der Waals surface area contributed by atoms with Gasteiger partial charge in [0.15, 0.2) is 5.54 Å². The van der Waals surface area contributed by atoms with Gasteiger partial charge in [0, 0.05) is 7.11 Å². The molecule has 0 bridgehead atoms. The number of amides is 1. The molecule has 0 aromatic carbocycles. The lowest BCUT2D eigenvalue weighted by atomic mass is 10.0. The average Bonchev–Trinajstić information content (AvgIpc) is 2.10. The number of ether oxygens (including phenoxy) is 1. The molecule has 0 aromatic rings. The molecule has 0 fully saturated rings. The van der Waals surface area contributed by atoms with Gasteiger partial charge >= 0.3 is 6.18 Å². The van der Waals surface area contributed by atoms with E-state index in [-0.39, 0.29) is 13.2 Å². The van der Waals surface area contributed by atoms with Gasteiger partial charge in [0.2, 0.25) is 0 Å². The summed E-state index contributed by atoms with van der Waals surface area (Å²) in [4.78, 5) is 15.4. The molecule has 0 heterocycles. The van der Waals surface area contributed by atoms with E-state index in [1.807, 2.05) is 0 Å². The van der Waals surface area contributed by atoms with E-state index in [9.17, 15) is 18.0 Å². The van der Waals surface area contributed by atoms with Gasteiger partial charge in [-0.25, -0.2) is 5.48 Å². The fraction of sp³-hybridized carbons (Fsp3) is 0.857. The van der Waals surface area contributed by atoms with Crippen LogP contribution in [0.1, 0.15) is 6.92 Å². The van der Waals surface area contributed by atoms with Gasteiger partial charge in [-0.15, -0.1) is 0 Å². The Labute approximate surface area is 84.7 Å². The minimum Gasteiger partial charge on any atom is -0.382 e. The average molecular weight is 230 g/mol. The van der Waals surface area contributed by atoms with Crippen LogP contribution < -0.4 is 11.2 Å². The van der Waals surface area contributed by atoms with Crippen LogP contribution >= 0.6 is 0 Å². The number of hydrogen-bond acceptors (Lipinski definition) is 4. The maximum Gasteiger partial charge on any atom is 0.415 e. The van der Waals surface area contributed by atoms with E-state index in [4.69, 9.17) is 5.73 Å². The van der Waals surface area contributed by atoms with Gasteiger partial charge in [0.25, 0.3) is 5.91 Å². The molecule has 0 radical (unpaired) electrons. The van der Waals surface area contributed by atoms with Crippen LogP contribution in [-0.2, 0) is 14.4 Å². The third-order valence-electron chi connectivity index (χ3n) is 1.61. The van der Waals surface area contributed by atoms with Gasteiger partial charge < -0.3 is 10.5 Å². The lowest BCUT2D eigenvalue weighted by Gasteiger charge is -2.25. The van der Waals surface area contributed by atoms with Crippen LogP contribution in [0.3, 0.4) is 0 Å². The van der Waals surface area contributed by atoms with Crippen molar-refractivity contribution in [3.8, 4) is 0 Å². The van der Waals surface area contributed by atoms with Gasteiger partial charge in [0.1, 0.15) is 0 Å². The number of halogens is 3. The van der Waals surface area contributed by atoms with Crippen LogP contribution in [0.2, 0.25) is 0 Å². The molecule has 0 aliphatic rings. The number of rotatable bonds is 5. The smallest absolute Gasteiger partial charge is 0.382 e. The highest BCUT2D eigenvalue weighted by molar-refractivity contribution is 5.85. The molecule has 0 saturated carbocycles. The molecule has 1 atom stereocenters. The van der Waals surface area contributed by atoms with Gasteiger partial charge in [0.05, 0.1) is 13.2 Å². The third-order valence-corrected chi connectivity index (χ3v) is 1.61. The Morgan fingerprint density at radius 1 is 1.40 bits per heavy atom. The summed E-state index contributed by atoms with van der Waals surface area (Å²) in [5.41, 5.74) is 3.43. The number of hydrogen-bond donors (Lipinski definition) is 2. The molecule has 0 aliphatic heterocycles. The minimum absolute atomic E-state index is 0.0593. The number of carbonyl (C=O) groups excluding carboxylic acids is 1. The third kappa shape index (κ3) is 4.02. The second-order valence-electron chi connectivity index (χ2n) is 2.97. The zero-order valence-corrected chi connectivity index (χ0v) is 8.35. The molecule has 15 heavy (non-hydrogen) atoms. The topological polar surface area (TPSA) is 73.6 Å². The second-order valence-corrected chi connectivity index (χ2v) is 2.97. The molecule has 5 nitrogen and oxygen atoms in total. The highest BCUT2D eigenvalue weighted by Gasteiger charge is 2.54. The van der Waals surface area contributed by atoms with Gasteiger partial charge in [-0.3, -0.25) is 9.63 Å². The Hall–Kier alpha value is -0.860. The first-order chi connectivity index (χ1) is 6.73. The summed E-state index contributed by atoms with van der Waals surface area (Å²) in [5.74, 6) is -1.45. The van der Waals surface area contributed by atoms with E-state index >= 15 is 0 Å². The molecular formula is C7H13F3N2O3. The quantitative estimate of drug-likeness (QED) is 0.513. The van der Waals surface area contributed by atoms with E-state index in [0.29, 0.717) is 6.92 Å². The normalized spacial score (nSPS) is 15.9.